The van der Waals surface area contributed by atoms with E-state index in [-0.39, 0.29) is 17.9 Å². The van der Waals surface area contributed by atoms with E-state index in [0.717, 1.165) is 17.7 Å². The van der Waals surface area contributed by atoms with E-state index in [0.29, 0.717) is 17.8 Å². The van der Waals surface area contributed by atoms with Crippen LogP contribution in [0.5, 0.6) is 0 Å². The summed E-state index contributed by atoms with van der Waals surface area (Å²) in [5, 5.41) is 5.62. The topological polar surface area (TPSA) is 66.9 Å². The van der Waals surface area contributed by atoms with E-state index in [9.17, 15) is 18.0 Å². The third-order valence-electron chi connectivity index (χ3n) is 3.60. The molecule has 2 heterocycles. The normalized spacial score (nSPS) is 15.0. The van der Waals surface area contributed by atoms with Gasteiger partial charge in [-0.05, 0) is 24.6 Å². The first-order valence-corrected chi connectivity index (χ1v) is 6.92. The Labute approximate surface area is 130 Å². The Bertz CT molecular complexity index is 743. The van der Waals surface area contributed by atoms with Crippen LogP contribution in [-0.2, 0) is 12.7 Å². The molecule has 1 atom stereocenters. The van der Waals surface area contributed by atoms with E-state index in [1.807, 2.05) is 0 Å². The molecule has 1 aromatic heterocycles. The molecule has 0 spiro atoms. The first-order valence-electron chi connectivity index (χ1n) is 6.92. The van der Waals surface area contributed by atoms with Crippen LogP contribution in [0, 0.1) is 0 Å². The zero-order chi connectivity index (χ0) is 16.6. The Kier molecular flexibility index (Phi) is 3.67. The van der Waals surface area contributed by atoms with Gasteiger partial charge in [-0.1, -0.05) is 12.1 Å². The van der Waals surface area contributed by atoms with Gasteiger partial charge in [-0.25, -0.2) is 9.97 Å². The van der Waals surface area contributed by atoms with Crippen molar-refractivity contribution in [2.75, 3.05) is 5.32 Å². The van der Waals surface area contributed by atoms with Gasteiger partial charge in [0.15, 0.2) is 0 Å². The summed E-state index contributed by atoms with van der Waals surface area (Å²) in [6, 6.07) is 4.57. The minimum atomic E-state index is -4.36. The van der Waals surface area contributed by atoms with Gasteiger partial charge in [0.25, 0.3) is 5.91 Å². The van der Waals surface area contributed by atoms with Crippen molar-refractivity contribution in [1.82, 2.24) is 15.3 Å². The van der Waals surface area contributed by atoms with Crippen LogP contribution in [0.25, 0.3) is 0 Å². The molecule has 2 N–H and O–H groups in total. The van der Waals surface area contributed by atoms with Gasteiger partial charge in [0.05, 0.1) is 11.6 Å². The number of hydrogen-bond donors (Lipinski definition) is 2. The minimum absolute atomic E-state index is 0.257. The largest absolute Gasteiger partial charge is 0.416 e. The van der Waals surface area contributed by atoms with Gasteiger partial charge in [0, 0.05) is 18.3 Å². The van der Waals surface area contributed by atoms with E-state index in [1.165, 1.54) is 12.1 Å². The highest BCUT2D eigenvalue weighted by Crippen LogP contribution is 2.30. The second-order valence-electron chi connectivity index (χ2n) is 5.24. The molecule has 0 radical (unpaired) electrons. The predicted molar refractivity (Wildman–Crippen MR) is 76.7 cm³/mol. The lowest BCUT2D eigenvalue weighted by atomic mass is 10.1. The maximum absolute atomic E-state index is 12.6. The molecular weight excluding hydrogens is 309 g/mol. The van der Waals surface area contributed by atoms with Crippen molar-refractivity contribution in [2.24, 2.45) is 0 Å². The van der Waals surface area contributed by atoms with Gasteiger partial charge >= 0.3 is 6.18 Å². The number of anilines is 1. The summed E-state index contributed by atoms with van der Waals surface area (Å²) in [5.41, 5.74) is 1.01. The van der Waals surface area contributed by atoms with Crippen molar-refractivity contribution in [3.05, 3.63) is 52.8 Å². The first-order chi connectivity index (χ1) is 10.8. The number of carbonyl (C=O) groups is 1. The third kappa shape index (κ3) is 3.10. The van der Waals surface area contributed by atoms with Gasteiger partial charge in [-0.15, -0.1) is 0 Å². The number of nitrogens with zero attached hydrogens (tertiary/aromatic N) is 2. The minimum Gasteiger partial charge on any atom is -0.348 e. The van der Waals surface area contributed by atoms with Crippen LogP contribution in [0.1, 0.15) is 40.1 Å². The molecule has 0 bridgehead atoms. The summed E-state index contributed by atoms with van der Waals surface area (Å²) in [4.78, 5) is 19.8. The maximum Gasteiger partial charge on any atom is 0.416 e. The van der Waals surface area contributed by atoms with Crippen LogP contribution in [0.2, 0.25) is 0 Å². The molecule has 1 aromatic carbocycles. The Morgan fingerprint density at radius 3 is 2.61 bits per heavy atom. The van der Waals surface area contributed by atoms with Gasteiger partial charge in [0.2, 0.25) is 5.95 Å². The van der Waals surface area contributed by atoms with Crippen molar-refractivity contribution in [3.8, 4) is 0 Å². The highest BCUT2D eigenvalue weighted by molar-refractivity contribution is 5.96. The molecule has 5 nitrogen and oxygen atoms in total. The lowest BCUT2D eigenvalue weighted by Gasteiger charge is -2.15. The second-order valence-corrected chi connectivity index (χ2v) is 5.24. The summed E-state index contributed by atoms with van der Waals surface area (Å²) in [6.45, 7) is 2.18. The van der Waals surface area contributed by atoms with E-state index in [1.54, 1.807) is 13.1 Å². The molecule has 0 fully saturated rings. The number of halogens is 3. The molecule has 1 aliphatic heterocycles. The fourth-order valence-electron chi connectivity index (χ4n) is 2.30. The molecule has 1 aliphatic rings. The van der Waals surface area contributed by atoms with Crippen LogP contribution >= 0.6 is 0 Å². The van der Waals surface area contributed by atoms with Crippen LogP contribution in [0.3, 0.4) is 0 Å². The SMILES string of the molecule is CC(Nc1ncc2c(n1)C(=O)NC2)c1ccc(C(F)(F)F)cc1. The van der Waals surface area contributed by atoms with E-state index >= 15 is 0 Å². The standard InChI is InChI=1S/C15H13F3N4O/c1-8(9-2-4-11(5-3-9)15(16,17)18)21-14-20-7-10-6-19-13(23)12(10)22-14/h2-5,7-8H,6H2,1H3,(H,19,23)(H,20,21,22). The molecular formula is C15H13F3N4O. The predicted octanol–water partition coefficient (Wildman–Crippen LogP) is 2.91. The molecule has 3 rings (SSSR count). The van der Waals surface area contributed by atoms with Crippen molar-refractivity contribution >= 4 is 11.9 Å². The molecule has 0 aliphatic carbocycles. The zero-order valence-corrected chi connectivity index (χ0v) is 12.1. The van der Waals surface area contributed by atoms with Gasteiger partial charge in [-0.3, -0.25) is 4.79 Å². The Morgan fingerprint density at radius 2 is 1.96 bits per heavy atom. The number of benzene rings is 1. The number of alkyl halides is 3. The molecule has 2 aromatic rings. The molecule has 1 unspecified atom stereocenters. The highest BCUT2D eigenvalue weighted by Gasteiger charge is 2.30. The molecule has 0 saturated carbocycles. The number of fused-ring (bicyclic) bond motifs is 1. The maximum atomic E-state index is 12.6. The van der Waals surface area contributed by atoms with Crippen molar-refractivity contribution in [3.63, 3.8) is 0 Å². The van der Waals surface area contributed by atoms with Crippen LogP contribution in [-0.4, -0.2) is 15.9 Å². The third-order valence-corrected chi connectivity index (χ3v) is 3.60. The Hall–Kier alpha value is -2.64. The molecule has 1 amide bonds. The average molecular weight is 322 g/mol. The van der Waals surface area contributed by atoms with Crippen molar-refractivity contribution in [2.45, 2.75) is 25.7 Å². The fourth-order valence-corrected chi connectivity index (χ4v) is 2.30. The number of rotatable bonds is 3. The van der Waals surface area contributed by atoms with Crippen LogP contribution < -0.4 is 10.6 Å². The summed E-state index contributed by atoms with van der Waals surface area (Å²) < 4.78 is 37.7. The lowest BCUT2D eigenvalue weighted by Crippen LogP contribution is -2.15. The van der Waals surface area contributed by atoms with Gasteiger partial charge < -0.3 is 10.6 Å². The van der Waals surface area contributed by atoms with Gasteiger partial charge in [-0.2, -0.15) is 13.2 Å². The van der Waals surface area contributed by atoms with E-state index in [4.69, 9.17) is 0 Å². The quantitative estimate of drug-likeness (QED) is 0.912. The van der Waals surface area contributed by atoms with Crippen LogP contribution in [0.15, 0.2) is 30.5 Å². The number of carbonyl (C=O) groups excluding carboxylic acids is 1. The summed E-state index contributed by atoms with van der Waals surface area (Å²) in [7, 11) is 0. The highest BCUT2D eigenvalue weighted by atomic mass is 19.4. The monoisotopic (exact) mass is 322 g/mol. The fraction of sp³-hybridized carbons (Fsp3) is 0.267. The summed E-state index contributed by atoms with van der Waals surface area (Å²) in [6.07, 6.45) is -2.80. The smallest absolute Gasteiger partial charge is 0.348 e. The number of amides is 1. The number of aromatic nitrogens is 2. The van der Waals surface area contributed by atoms with Gasteiger partial charge in [0.1, 0.15) is 5.69 Å². The summed E-state index contributed by atoms with van der Waals surface area (Å²) >= 11 is 0. The molecule has 23 heavy (non-hydrogen) atoms. The first kappa shape index (κ1) is 15.3. The van der Waals surface area contributed by atoms with E-state index < -0.39 is 11.7 Å². The number of nitrogens with one attached hydrogen (secondary N) is 2. The van der Waals surface area contributed by atoms with Crippen molar-refractivity contribution < 1.29 is 18.0 Å². The lowest BCUT2D eigenvalue weighted by molar-refractivity contribution is -0.137. The second kappa shape index (κ2) is 5.53. The van der Waals surface area contributed by atoms with Crippen LogP contribution in [0.4, 0.5) is 19.1 Å². The number of hydrogen-bond acceptors (Lipinski definition) is 4. The summed E-state index contributed by atoms with van der Waals surface area (Å²) in [5.74, 6) is 0.000770. The average Bonchev–Trinajstić information content (AvgIpc) is 2.88. The van der Waals surface area contributed by atoms with E-state index in [2.05, 4.69) is 20.6 Å². The Morgan fingerprint density at radius 1 is 1.26 bits per heavy atom. The Balaban J connectivity index is 1.76. The molecule has 0 saturated heterocycles. The molecule has 120 valence electrons. The zero-order valence-electron chi connectivity index (χ0n) is 12.1. The van der Waals surface area contributed by atoms with Crippen molar-refractivity contribution in [1.29, 1.82) is 0 Å². The molecule has 8 heteroatoms.